The Hall–Kier alpha value is -3.29. The van der Waals surface area contributed by atoms with Gasteiger partial charge in [0.25, 0.3) is 0 Å². The van der Waals surface area contributed by atoms with Crippen LogP contribution in [-0.4, -0.2) is 103 Å². The fourth-order valence-corrected chi connectivity index (χ4v) is 4.88. The molecule has 3 aliphatic heterocycles. The lowest BCUT2D eigenvalue weighted by Gasteiger charge is -2.38. The third-order valence-electron chi connectivity index (χ3n) is 6.89. The Labute approximate surface area is 195 Å². The number of likely N-dealkylation sites (tertiary alicyclic amines) is 2. The van der Waals surface area contributed by atoms with Crippen LogP contribution in [0.5, 0.6) is 0 Å². The zero-order chi connectivity index (χ0) is 23.7. The van der Waals surface area contributed by atoms with Crippen LogP contribution >= 0.6 is 0 Å². The molecule has 34 heavy (non-hydrogen) atoms. The molecule has 5 heterocycles. The monoisotopic (exact) mass is 470 g/mol. The van der Waals surface area contributed by atoms with E-state index >= 15 is 0 Å². The van der Waals surface area contributed by atoms with E-state index in [4.69, 9.17) is 9.47 Å². The highest BCUT2D eigenvalue weighted by Crippen LogP contribution is 2.44. The molecule has 2 aromatic heterocycles. The van der Waals surface area contributed by atoms with Crippen LogP contribution < -0.4 is 0 Å². The van der Waals surface area contributed by atoms with Crippen molar-refractivity contribution in [3.63, 3.8) is 0 Å². The molecule has 0 bridgehead atoms. The molecule has 2 fully saturated rings. The Morgan fingerprint density at radius 2 is 1.97 bits per heavy atom. The molecule has 0 aliphatic carbocycles. The topological polar surface area (TPSA) is 149 Å². The number of carbonyl (C=O) groups excluding carboxylic acids is 2. The van der Waals surface area contributed by atoms with Crippen molar-refractivity contribution in [1.29, 1.82) is 0 Å². The number of nitrogens with zero attached hydrogens (tertiary/aromatic N) is 8. The maximum atomic E-state index is 13.4. The number of hydrogen-bond acceptors (Lipinski definition) is 11. The fourth-order valence-electron chi connectivity index (χ4n) is 4.88. The first-order chi connectivity index (χ1) is 16.5. The summed E-state index contributed by atoms with van der Waals surface area (Å²) in [5.41, 5.74) is 1.09. The van der Waals surface area contributed by atoms with Crippen LogP contribution in [0.25, 0.3) is 5.82 Å². The Balaban J connectivity index is 1.19. The molecule has 0 radical (unpaired) electrons. The zero-order valence-electron chi connectivity index (χ0n) is 18.8. The summed E-state index contributed by atoms with van der Waals surface area (Å²) in [5.74, 6) is 0.102. The minimum atomic E-state index is -0.802. The van der Waals surface area contributed by atoms with Crippen LogP contribution in [0.15, 0.2) is 30.0 Å². The van der Waals surface area contributed by atoms with Gasteiger partial charge in [0.2, 0.25) is 5.91 Å². The Morgan fingerprint density at radius 1 is 1.18 bits per heavy atom. The number of aliphatic hydroxyl groups excluding tert-OH is 1. The summed E-state index contributed by atoms with van der Waals surface area (Å²) in [5, 5.41) is 21.6. The predicted octanol–water partition coefficient (Wildman–Crippen LogP) is -0.742. The lowest BCUT2D eigenvalue weighted by atomic mass is 9.77. The molecule has 1 amide bonds. The van der Waals surface area contributed by atoms with Crippen LogP contribution in [0, 0.1) is 5.41 Å². The molecule has 1 unspecified atom stereocenters. The van der Waals surface area contributed by atoms with E-state index in [2.05, 4.69) is 30.4 Å². The normalized spacial score (nSPS) is 21.5. The average molecular weight is 470 g/mol. The van der Waals surface area contributed by atoms with Crippen molar-refractivity contribution >= 4 is 11.9 Å². The molecular weight excluding hydrogens is 444 g/mol. The first-order valence-corrected chi connectivity index (χ1v) is 11.2. The molecule has 1 atom stereocenters. The van der Waals surface area contributed by atoms with Crippen molar-refractivity contribution in [3.8, 4) is 5.82 Å². The first-order valence-electron chi connectivity index (χ1n) is 11.2. The molecule has 3 aliphatic rings. The molecule has 0 saturated carbocycles. The van der Waals surface area contributed by atoms with Gasteiger partial charge in [0, 0.05) is 20.2 Å². The number of cyclic esters (lactones) is 1. The van der Waals surface area contributed by atoms with Gasteiger partial charge in [-0.25, -0.2) is 9.78 Å². The van der Waals surface area contributed by atoms with Crippen LogP contribution in [0.2, 0.25) is 0 Å². The van der Waals surface area contributed by atoms with E-state index < -0.39 is 17.5 Å². The van der Waals surface area contributed by atoms with Gasteiger partial charge in [-0.1, -0.05) is 0 Å². The lowest BCUT2D eigenvalue weighted by Crippen LogP contribution is -2.45. The molecule has 1 N–H and O–H groups in total. The van der Waals surface area contributed by atoms with E-state index in [1.807, 2.05) is 0 Å². The number of ether oxygens (including phenoxy) is 2. The number of methoxy groups -OCH3 is 1. The molecule has 13 nitrogen and oxygen atoms in total. The van der Waals surface area contributed by atoms with Gasteiger partial charge in [0.1, 0.15) is 19.0 Å². The second kappa shape index (κ2) is 9.16. The molecule has 180 valence electrons. The number of carbonyl (C=O) groups is 2. The summed E-state index contributed by atoms with van der Waals surface area (Å²) in [7, 11) is 1.52. The minimum absolute atomic E-state index is 0.0543. The molecule has 2 aromatic rings. The molecule has 0 aromatic carbocycles. The van der Waals surface area contributed by atoms with Crippen LogP contribution in [0.4, 0.5) is 0 Å². The van der Waals surface area contributed by atoms with Crippen LogP contribution in [-0.2, 0) is 19.1 Å². The van der Waals surface area contributed by atoms with E-state index in [0.29, 0.717) is 61.8 Å². The van der Waals surface area contributed by atoms with Crippen molar-refractivity contribution in [2.24, 2.45) is 5.41 Å². The summed E-state index contributed by atoms with van der Waals surface area (Å²) in [6.45, 7) is 2.60. The number of rotatable bonds is 7. The molecule has 2 saturated heterocycles. The fraction of sp³-hybridized carbons (Fsp3) is 0.571. The summed E-state index contributed by atoms with van der Waals surface area (Å²) in [4.78, 5) is 37.8. The lowest BCUT2D eigenvalue weighted by molar-refractivity contribution is -0.139. The average Bonchev–Trinajstić information content (AvgIpc) is 3.58. The van der Waals surface area contributed by atoms with Crippen molar-refractivity contribution < 1.29 is 24.2 Å². The molecule has 13 heteroatoms. The van der Waals surface area contributed by atoms with Crippen molar-refractivity contribution in [3.05, 3.63) is 35.7 Å². The van der Waals surface area contributed by atoms with E-state index in [9.17, 15) is 14.7 Å². The number of aliphatic hydroxyl groups is 1. The predicted molar refractivity (Wildman–Crippen MR) is 114 cm³/mol. The Bertz CT molecular complexity index is 1080. The molecular formula is C21H26N8O5. The van der Waals surface area contributed by atoms with E-state index in [-0.39, 0.29) is 19.1 Å². The van der Waals surface area contributed by atoms with Crippen molar-refractivity contribution in [1.82, 2.24) is 40.0 Å². The number of piperidine rings is 1. The Kier molecular flexibility index (Phi) is 6.06. The van der Waals surface area contributed by atoms with Gasteiger partial charge in [-0.15, -0.1) is 5.10 Å². The quantitative estimate of drug-likeness (QED) is 0.510. The summed E-state index contributed by atoms with van der Waals surface area (Å²) >= 11 is 0. The van der Waals surface area contributed by atoms with Crippen molar-refractivity contribution in [2.75, 3.05) is 46.5 Å². The van der Waals surface area contributed by atoms with Gasteiger partial charge in [-0.2, -0.15) is 4.68 Å². The number of β-amino-alcohol motifs (C(OH)–C–C–N with tert-alkyl or cyclic N) is 1. The van der Waals surface area contributed by atoms with Gasteiger partial charge in [0.05, 0.1) is 41.4 Å². The highest BCUT2D eigenvalue weighted by molar-refractivity contribution is 5.95. The van der Waals surface area contributed by atoms with Crippen molar-refractivity contribution in [2.45, 2.75) is 25.4 Å². The van der Waals surface area contributed by atoms with E-state index in [1.54, 1.807) is 4.90 Å². The smallest absolute Gasteiger partial charge is 0.338 e. The highest BCUT2D eigenvalue weighted by Gasteiger charge is 2.50. The maximum absolute atomic E-state index is 13.4. The van der Waals surface area contributed by atoms with Gasteiger partial charge in [0.15, 0.2) is 5.82 Å². The van der Waals surface area contributed by atoms with Gasteiger partial charge in [-0.05, 0) is 42.8 Å². The molecule has 5 rings (SSSR count). The number of tetrazole rings is 1. The maximum Gasteiger partial charge on any atom is 0.338 e. The standard InChI is InChI=1S/C21H26N8O5/c1-33-11-14-16(12-34-19(14)31)28-7-4-21(20(28)32)2-5-27(6-3-21)10-17(30)15-8-23-18(9-22-15)29-13-24-25-26-29/h8-9,13,17,30H,2-7,10-12H2,1H3. The van der Waals surface area contributed by atoms with Gasteiger partial charge < -0.3 is 24.4 Å². The van der Waals surface area contributed by atoms with E-state index in [0.717, 1.165) is 6.42 Å². The number of amides is 1. The summed E-state index contributed by atoms with van der Waals surface area (Å²) in [6.07, 6.45) is 5.77. The molecule has 1 spiro atoms. The van der Waals surface area contributed by atoms with E-state index in [1.165, 1.54) is 30.5 Å². The third-order valence-corrected chi connectivity index (χ3v) is 6.89. The SMILES string of the molecule is COCC1=C(N2CCC3(CCN(CC(O)c4cnc(-n5cnnn5)cn4)CC3)C2=O)COC1=O. The minimum Gasteiger partial charge on any atom is -0.456 e. The first kappa shape index (κ1) is 22.5. The van der Waals surface area contributed by atoms with Crippen LogP contribution in [0.3, 0.4) is 0 Å². The highest BCUT2D eigenvalue weighted by atomic mass is 16.5. The Morgan fingerprint density at radius 3 is 2.65 bits per heavy atom. The van der Waals surface area contributed by atoms with Gasteiger partial charge in [-0.3, -0.25) is 9.78 Å². The van der Waals surface area contributed by atoms with Gasteiger partial charge >= 0.3 is 5.97 Å². The second-order valence-electron chi connectivity index (χ2n) is 8.79. The zero-order valence-corrected chi connectivity index (χ0v) is 18.8. The second-order valence-corrected chi connectivity index (χ2v) is 8.79. The number of esters is 1. The number of hydrogen-bond donors (Lipinski definition) is 1. The van der Waals surface area contributed by atoms with Crippen LogP contribution in [0.1, 0.15) is 31.1 Å². The largest absolute Gasteiger partial charge is 0.456 e. The summed E-state index contributed by atoms with van der Waals surface area (Å²) in [6, 6.07) is 0. The summed E-state index contributed by atoms with van der Waals surface area (Å²) < 4.78 is 11.7. The number of aromatic nitrogens is 6. The third kappa shape index (κ3) is 4.06.